The van der Waals surface area contributed by atoms with Crippen molar-refractivity contribution in [2.45, 2.75) is 12.8 Å². The van der Waals surface area contributed by atoms with Crippen LogP contribution in [0.15, 0.2) is 42.7 Å². The third-order valence-electron chi connectivity index (χ3n) is 5.80. The number of halogens is 1. The first-order chi connectivity index (χ1) is 15.1. The number of benzene rings is 1. The van der Waals surface area contributed by atoms with Gasteiger partial charge >= 0.3 is 0 Å². The molecule has 4 rings (SSSR count). The number of carbonyl (C=O) groups is 2. The molecule has 0 saturated carbocycles. The minimum Gasteiger partial charge on any atom is -0.484 e. The molecule has 0 aliphatic carbocycles. The average molecular weight is 444 g/mol. The van der Waals surface area contributed by atoms with E-state index in [2.05, 4.69) is 14.9 Å². The highest BCUT2D eigenvalue weighted by atomic mass is 35.5. The minimum atomic E-state index is -0.0711. The molecule has 2 aliphatic heterocycles. The van der Waals surface area contributed by atoms with Crippen molar-refractivity contribution in [1.82, 2.24) is 19.8 Å². The lowest BCUT2D eigenvalue weighted by molar-refractivity contribution is -0.143. The summed E-state index contributed by atoms with van der Waals surface area (Å²) in [4.78, 5) is 39.7. The molecule has 9 heteroatoms. The SMILES string of the molecule is O=C(COc1ccc(Cl)cc1)N1CCN(C(=O)C2CCN(c3ncccn3)CC2)CC1. The minimum absolute atomic E-state index is 0.0183. The van der Waals surface area contributed by atoms with Crippen LogP contribution in [0.25, 0.3) is 0 Å². The number of anilines is 1. The van der Waals surface area contributed by atoms with Crippen molar-refractivity contribution in [3.8, 4) is 5.75 Å². The summed E-state index contributed by atoms with van der Waals surface area (Å²) in [6.45, 7) is 3.73. The van der Waals surface area contributed by atoms with E-state index in [0.717, 1.165) is 31.9 Å². The summed E-state index contributed by atoms with van der Waals surface area (Å²) in [5.74, 6) is 1.48. The number of piperazine rings is 1. The number of rotatable bonds is 5. The predicted octanol–water partition coefficient (Wildman–Crippen LogP) is 2.10. The Hall–Kier alpha value is -2.87. The number of nitrogens with zero attached hydrogens (tertiary/aromatic N) is 5. The zero-order valence-corrected chi connectivity index (χ0v) is 18.1. The number of hydrogen-bond donors (Lipinski definition) is 0. The smallest absolute Gasteiger partial charge is 0.260 e. The summed E-state index contributed by atoms with van der Waals surface area (Å²) >= 11 is 5.86. The van der Waals surface area contributed by atoms with Gasteiger partial charge in [0.15, 0.2) is 6.61 Å². The summed E-state index contributed by atoms with van der Waals surface area (Å²) in [5, 5.41) is 0.624. The van der Waals surface area contributed by atoms with Gasteiger partial charge in [-0.1, -0.05) is 11.6 Å². The fourth-order valence-corrected chi connectivity index (χ4v) is 4.11. The molecule has 2 aromatic rings. The van der Waals surface area contributed by atoms with E-state index in [0.29, 0.717) is 37.0 Å². The zero-order valence-electron chi connectivity index (χ0n) is 17.3. The van der Waals surface area contributed by atoms with Gasteiger partial charge in [-0.15, -0.1) is 0 Å². The third kappa shape index (κ3) is 5.44. The predicted molar refractivity (Wildman–Crippen MR) is 117 cm³/mol. The number of hydrogen-bond acceptors (Lipinski definition) is 6. The average Bonchev–Trinajstić information content (AvgIpc) is 2.84. The van der Waals surface area contributed by atoms with Gasteiger partial charge in [-0.3, -0.25) is 9.59 Å². The maximum atomic E-state index is 12.9. The molecule has 31 heavy (non-hydrogen) atoms. The van der Waals surface area contributed by atoms with Gasteiger partial charge in [-0.2, -0.15) is 0 Å². The quantitative estimate of drug-likeness (QED) is 0.704. The Kier molecular flexibility index (Phi) is 6.86. The van der Waals surface area contributed by atoms with Gasteiger partial charge in [0.1, 0.15) is 5.75 Å². The van der Waals surface area contributed by atoms with Gasteiger partial charge in [0, 0.05) is 62.6 Å². The van der Waals surface area contributed by atoms with Gasteiger partial charge in [0.05, 0.1) is 0 Å². The van der Waals surface area contributed by atoms with Crippen LogP contribution in [0.1, 0.15) is 12.8 Å². The van der Waals surface area contributed by atoms with Crippen LogP contribution >= 0.6 is 11.6 Å². The van der Waals surface area contributed by atoms with E-state index in [9.17, 15) is 9.59 Å². The first kappa shape index (κ1) is 21.4. The van der Waals surface area contributed by atoms with Gasteiger partial charge in [-0.05, 0) is 43.2 Å². The molecule has 8 nitrogen and oxygen atoms in total. The Balaban J connectivity index is 1.20. The normalized spacial score (nSPS) is 17.5. The summed E-state index contributed by atoms with van der Waals surface area (Å²) in [5.41, 5.74) is 0. The molecule has 2 saturated heterocycles. The van der Waals surface area contributed by atoms with Crippen LogP contribution in [0, 0.1) is 5.92 Å². The number of aromatic nitrogens is 2. The fraction of sp³-hybridized carbons (Fsp3) is 0.455. The maximum absolute atomic E-state index is 12.9. The van der Waals surface area contributed by atoms with Crippen molar-refractivity contribution >= 4 is 29.4 Å². The van der Waals surface area contributed by atoms with E-state index >= 15 is 0 Å². The molecule has 0 radical (unpaired) electrons. The number of piperidine rings is 1. The molecule has 0 atom stereocenters. The molecule has 2 fully saturated rings. The zero-order chi connectivity index (χ0) is 21.6. The lowest BCUT2D eigenvalue weighted by Gasteiger charge is -2.38. The standard InChI is InChI=1S/C22H26ClN5O3/c23-18-2-4-19(5-3-18)31-16-20(29)26-12-14-27(15-13-26)21(30)17-6-10-28(11-7-17)22-24-8-1-9-25-22/h1-5,8-9,17H,6-7,10-16H2. The summed E-state index contributed by atoms with van der Waals surface area (Å²) < 4.78 is 5.55. The molecule has 0 bridgehead atoms. The Bertz CT molecular complexity index is 880. The van der Waals surface area contributed by atoms with Gasteiger partial charge in [-0.25, -0.2) is 9.97 Å². The second kappa shape index (κ2) is 9.96. The molecule has 164 valence electrons. The second-order valence-electron chi connectivity index (χ2n) is 7.76. The molecule has 2 aliphatic rings. The molecular formula is C22H26ClN5O3. The Morgan fingerprint density at radius 1 is 0.935 bits per heavy atom. The van der Waals surface area contributed by atoms with Crippen LogP contribution in [-0.2, 0) is 9.59 Å². The molecule has 1 aromatic heterocycles. The van der Waals surface area contributed by atoms with Crippen molar-refractivity contribution in [2.24, 2.45) is 5.92 Å². The van der Waals surface area contributed by atoms with Crippen molar-refractivity contribution in [1.29, 1.82) is 0 Å². The molecule has 2 amide bonds. The topological polar surface area (TPSA) is 78.9 Å². The Morgan fingerprint density at radius 2 is 1.55 bits per heavy atom. The molecule has 3 heterocycles. The molecule has 0 spiro atoms. The van der Waals surface area contributed by atoms with E-state index in [1.165, 1.54) is 0 Å². The summed E-state index contributed by atoms with van der Waals surface area (Å²) in [7, 11) is 0. The van der Waals surface area contributed by atoms with Crippen molar-refractivity contribution in [3.63, 3.8) is 0 Å². The first-order valence-corrected chi connectivity index (χ1v) is 10.9. The largest absolute Gasteiger partial charge is 0.484 e. The first-order valence-electron chi connectivity index (χ1n) is 10.6. The fourth-order valence-electron chi connectivity index (χ4n) is 3.98. The molecule has 0 N–H and O–H groups in total. The van der Waals surface area contributed by atoms with Crippen LogP contribution in [-0.4, -0.2) is 77.5 Å². The van der Waals surface area contributed by atoms with Crippen molar-refractivity contribution in [3.05, 3.63) is 47.7 Å². The lowest BCUT2D eigenvalue weighted by atomic mass is 9.95. The van der Waals surface area contributed by atoms with E-state index in [-0.39, 0.29) is 24.3 Å². The summed E-state index contributed by atoms with van der Waals surface area (Å²) in [6, 6.07) is 8.73. The van der Waals surface area contributed by atoms with Gasteiger partial charge in [0.25, 0.3) is 5.91 Å². The van der Waals surface area contributed by atoms with Crippen molar-refractivity contribution < 1.29 is 14.3 Å². The van der Waals surface area contributed by atoms with E-state index in [1.807, 2.05) is 4.90 Å². The van der Waals surface area contributed by atoms with Crippen LogP contribution in [0.2, 0.25) is 5.02 Å². The molecule has 1 aromatic carbocycles. The Morgan fingerprint density at radius 3 is 2.19 bits per heavy atom. The third-order valence-corrected chi connectivity index (χ3v) is 6.05. The van der Waals surface area contributed by atoms with Crippen LogP contribution in [0.3, 0.4) is 0 Å². The number of amides is 2. The molecule has 0 unspecified atom stereocenters. The van der Waals surface area contributed by atoms with E-state index in [1.54, 1.807) is 47.6 Å². The molecular weight excluding hydrogens is 418 g/mol. The van der Waals surface area contributed by atoms with Crippen LogP contribution < -0.4 is 9.64 Å². The van der Waals surface area contributed by atoms with Crippen LogP contribution in [0.5, 0.6) is 5.75 Å². The van der Waals surface area contributed by atoms with Crippen LogP contribution in [0.4, 0.5) is 5.95 Å². The highest BCUT2D eigenvalue weighted by Gasteiger charge is 2.31. The maximum Gasteiger partial charge on any atom is 0.260 e. The summed E-state index contributed by atoms with van der Waals surface area (Å²) in [6.07, 6.45) is 5.07. The highest BCUT2D eigenvalue weighted by molar-refractivity contribution is 6.30. The monoisotopic (exact) mass is 443 g/mol. The second-order valence-corrected chi connectivity index (χ2v) is 8.20. The van der Waals surface area contributed by atoms with E-state index < -0.39 is 0 Å². The number of carbonyl (C=O) groups excluding carboxylic acids is 2. The van der Waals surface area contributed by atoms with Gasteiger partial charge in [0.2, 0.25) is 11.9 Å². The highest BCUT2D eigenvalue weighted by Crippen LogP contribution is 2.23. The van der Waals surface area contributed by atoms with Crippen molar-refractivity contribution in [2.75, 3.05) is 50.8 Å². The van der Waals surface area contributed by atoms with E-state index in [4.69, 9.17) is 16.3 Å². The van der Waals surface area contributed by atoms with Gasteiger partial charge < -0.3 is 19.4 Å². The lowest BCUT2D eigenvalue weighted by Crippen LogP contribution is -2.53. The Labute approximate surface area is 186 Å². The number of ether oxygens (including phenoxy) is 1.